The molecule has 0 aliphatic carbocycles. The molecule has 20 heavy (non-hydrogen) atoms. The molecule has 0 spiro atoms. The van der Waals surface area contributed by atoms with Crippen LogP contribution in [0.2, 0.25) is 0 Å². The summed E-state index contributed by atoms with van der Waals surface area (Å²) < 4.78 is 27.4. The molecular weight excluding hydrogens is 262 g/mol. The van der Waals surface area contributed by atoms with Crippen LogP contribution in [-0.2, 0) is 6.42 Å². The van der Waals surface area contributed by atoms with Gasteiger partial charge in [-0.05, 0) is 30.2 Å². The number of nitrogen functional groups attached to an aromatic ring is 1. The Morgan fingerprint density at radius 2 is 1.90 bits per heavy atom. The van der Waals surface area contributed by atoms with Crippen LogP contribution in [0, 0.1) is 11.6 Å². The van der Waals surface area contributed by atoms with Gasteiger partial charge in [-0.15, -0.1) is 0 Å². The SMILES string of the molecule is CCc1ccccc1NC(=O)c1c(F)ccc(N)c1F. The van der Waals surface area contributed by atoms with Crippen molar-refractivity contribution in [3.8, 4) is 0 Å². The lowest BCUT2D eigenvalue weighted by molar-refractivity contribution is 0.101. The van der Waals surface area contributed by atoms with E-state index < -0.39 is 23.1 Å². The molecule has 5 heteroatoms. The molecule has 0 bridgehead atoms. The topological polar surface area (TPSA) is 55.1 Å². The third kappa shape index (κ3) is 2.61. The van der Waals surface area contributed by atoms with Crippen molar-refractivity contribution in [1.29, 1.82) is 0 Å². The zero-order valence-electron chi connectivity index (χ0n) is 10.9. The number of hydrogen-bond donors (Lipinski definition) is 2. The highest BCUT2D eigenvalue weighted by Gasteiger charge is 2.20. The predicted octanol–water partition coefficient (Wildman–Crippen LogP) is 3.36. The zero-order valence-corrected chi connectivity index (χ0v) is 10.9. The van der Waals surface area contributed by atoms with Crippen LogP contribution in [0.5, 0.6) is 0 Å². The summed E-state index contributed by atoms with van der Waals surface area (Å²) in [5.41, 5.74) is 5.83. The summed E-state index contributed by atoms with van der Waals surface area (Å²) in [4.78, 5) is 12.0. The molecule has 2 aromatic rings. The number of benzene rings is 2. The van der Waals surface area contributed by atoms with E-state index in [9.17, 15) is 13.6 Å². The van der Waals surface area contributed by atoms with Crippen molar-refractivity contribution in [2.45, 2.75) is 13.3 Å². The number of para-hydroxylation sites is 1. The Kier molecular flexibility index (Phi) is 3.98. The van der Waals surface area contributed by atoms with E-state index in [-0.39, 0.29) is 5.69 Å². The van der Waals surface area contributed by atoms with Gasteiger partial charge in [0.1, 0.15) is 11.4 Å². The first kappa shape index (κ1) is 14.0. The van der Waals surface area contributed by atoms with Crippen molar-refractivity contribution in [1.82, 2.24) is 0 Å². The van der Waals surface area contributed by atoms with Gasteiger partial charge in [0.15, 0.2) is 5.82 Å². The average molecular weight is 276 g/mol. The lowest BCUT2D eigenvalue weighted by Crippen LogP contribution is -2.17. The molecule has 0 fully saturated rings. The third-order valence-corrected chi connectivity index (χ3v) is 2.99. The molecule has 0 atom stereocenters. The van der Waals surface area contributed by atoms with Gasteiger partial charge in [0.2, 0.25) is 0 Å². The van der Waals surface area contributed by atoms with Crippen molar-refractivity contribution in [3.63, 3.8) is 0 Å². The molecule has 2 rings (SSSR count). The largest absolute Gasteiger partial charge is 0.396 e. The minimum atomic E-state index is -1.04. The molecular formula is C15H14F2N2O. The van der Waals surface area contributed by atoms with Gasteiger partial charge in [-0.1, -0.05) is 25.1 Å². The monoisotopic (exact) mass is 276 g/mol. The molecule has 3 nitrogen and oxygen atoms in total. The van der Waals surface area contributed by atoms with Gasteiger partial charge >= 0.3 is 0 Å². The summed E-state index contributed by atoms with van der Waals surface area (Å²) in [6.45, 7) is 1.92. The Morgan fingerprint density at radius 3 is 2.60 bits per heavy atom. The minimum absolute atomic E-state index is 0.264. The Labute approximate surface area is 115 Å². The smallest absolute Gasteiger partial charge is 0.261 e. The number of rotatable bonds is 3. The number of carbonyl (C=O) groups excluding carboxylic acids is 1. The highest BCUT2D eigenvalue weighted by atomic mass is 19.1. The summed E-state index contributed by atoms with van der Waals surface area (Å²) >= 11 is 0. The van der Waals surface area contributed by atoms with E-state index in [2.05, 4.69) is 5.32 Å². The molecule has 0 aliphatic rings. The van der Waals surface area contributed by atoms with Gasteiger partial charge in [-0.25, -0.2) is 8.78 Å². The van der Waals surface area contributed by atoms with Crippen molar-refractivity contribution < 1.29 is 13.6 Å². The number of hydrogen-bond acceptors (Lipinski definition) is 2. The quantitative estimate of drug-likeness (QED) is 0.844. The van der Waals surface area contributed by atoms with Crippen LogP contribution in [0.4, 0.5) is 20.2 Å². The summed E-state index contributed by atoms with van der Waals surface area (Å²) in [5, 5.41) is 2.51. The zero-order chi connectivity index (χ0) is 14.7. The van der Waals surface area contributed by atoms with Crippen LogP contribution in [0.3, 0.4) is 0 Å². The number of nitrogens with one attached hydrogen (secondary N) is 1. The molecule has 2 aromatic carbocycles. The van der Waals surface area contributed by atoms with Crippen molar-refractivity contribution in [3.05, 3.63) is 59.2 Å². The van der Waals surface area contributed by atoms with Crippen molar-refractivity contribution >= 4 is 17.3 Å². The van der Waals surface area contributed by atoms with E-state index >= 15 is 0 Å². The summed E-state index contributed by atoms with van der Waals surface area (Å²) in [5.74, 6) is -2.84. The molecule has 0 saturated heterocycles. The highest BCUT2D eigenvalue weighted by Crippen LogP contribution is 2.21. The molecule has 0 aliphatic heterocycles. The summed E-state index contributed by atoms with van der Waals surface area (Å²) in [7, 11) is 0. The number of carbonyl (C=O) groups is 1. The Bertz CT molecular complexity index is 656. The van der Waals surface area contributed by atoms with Gasteiger partial charge in [0, 0.05) is 5.69 Å². The van der Waals surface area contributed by atoms with Crippen molar-refractivity contribution in [2.24, 2.45) is 0 Å². The second-order valence-electron chi connectivity index (χ2n) is 4.29. The van der Waals surface area contributed by atoms with Gasteiger partial charge in [-0.3, -0.25) is 4.79 Å². The highest BCUT2D eigenvalue weighted by molar-refractivity contribution is 6.05. The maximum Gasteiger partial charge on any atom is 0.261 e. The standard InChI is InChI=1S/C15H14F2N2O/c1-2-9-5-3-4-6-12(9)19-15(20)13-10(16)7-8-11(18)14(13)17/h3-8H,2,18H2,1H3,(H,19,20). The molecule has 0 aromatic heterocycles. The lowest BCUT2D eigenvalue weighted by Gasteiger charge is -2.11. The van der Waals surface area contributed by atoms with Crippen LogP contribution in [0.15, 0.2) is 36.4 Å². The molecule has 3 N–H and O–H groups in total. The minimum Gasteiger partial charge on any atom is -0.396 e. The van der Waals surface area contributed by atoms with Crippen LogP contribution < -0.4 is 11.1 Å². The molecule has 0 unspecified atom stereocenters. The normalized spacial score (nSPS) is 10.3. The number of aryl methyl sites for hydroxylation is 1. The molecule has 0 heterocycles. The first-order chi connectivity index (χ1) is 9.54. The fourth-order valence-electron chi connectivity index (χ4n) is 1.91. The van der Waals surface area contributed by atoms with Gasteiger partial charge in [-0.2, -0.15) is 0 Å². The lowest BCUT2D eigenvalue weighted by atomic mass is 10.1. The number of amides is 1. The average Bonchev–Trinajstić information content (AvgIpc) is 2.44. The fourth-order valence-corrected chi connectivity index (χ4v) is 1.91. The molecule has 104 valence electrons. The number of nitrogens with two attached hydrogens (primary N) is 1. The Morgan fingerprint density at radius 1 is 1.20 bits per heavy atom. The maximum atomic E-state index is 13.8. The van der Waals surface area contributed by atoms with E-state index in [0.717, 1.165) is 17.7 Å². The van der Waals surface area contributed by atoms with E-state index in [0.29, 0.717) is 12.1 Å². The van der Waals surface area contributed by atoms with Crippen molar-refractivity contribution in [2.75, 3.05) is 11.1 Å². The molecule has 1 amide bonds. The van der Waals surface area contributed by atoms with Gasteiger partial charge in [0.25, 0.3) is 5.91 Å². The van der Waals surface area contributed by atoms with Gasteiger partial charge < -0.3 is 11.1 Å². The summed E-state index contributed by atoms with van der Waals surface area (Å²) in [6, 6.07) is 9.14. The van der Waals surface area contributed by atoms with Crippen LogP contribution >= 0.6 is 0 Å². The van der Waals surface area contributed by atoms with E-state index in [4.69, 9.17) is 5.73 Å². The van der Waals surface area contributed by atoms with Gasteiger partial charge in [0.05, 0.1) is 5.69 Å². The first-order valence-electron chi connectivity index (χ1n) is 6.17. The summed E-state index contributed by atoms with van der Waals surface area (Å²) in [6.07, 6.45) is 0.693. The second-order valence-corrected chi connectivity index (χ2v) is 4.29. The van der Waals surface area contributed by atoms with Crippen LogP contribution in [-0.4, -0.2) is 5.91 Å². The fraction of sp³-hybridized carbons (Fsp3) is 0.133. The predicted molar refractivity (Wildman–Crippen MR) is 74.5 cm³/mol. The maximum absolute atomic E-state index is 13.8. The third-order valence-electron chi connectivity index (χ3n) is 2.99. The van der Waals surface area contributed by atoms with E-state index in [1.54, 1.807) is 12.1 Å². The molecule has 0 radical (unpaired) electrons. The van der Waals surface area contributed by atoms with E-state index in [1.165, 1.54) is 0 Å². The number of halogens is 2. The second kappa shape index (κ2) is 5.69. The molecule has 0 saturated carbocycles. The first-order valence-corrected chi connectivity index (χ1v) is 6.17. The van der Waals surface area contributed by atoms with Crippen LogP contribution in [0.1, 0.15) is 22.8 Å². The Hall–Kier alpha value is -2.43. The van der Waals surface area contributed by atoms with E-state index in [1.807, 2.05) is 19.1 Å². The Balaban J connectivity index is 2.36. The van der Waals surface area contributed by atoms with Crippen LogP contribution in [0.25, 0.3) is 0 Å². The number of anilines is 2.